The van der Waals surface area contributed by atoms with Crippen molar-refractivity contribution < 1.29 is 17.9 Å². The summed E-state index contributed by atoms with van der Waals surface area (Å²) in [5, 5.41) is 0. The fraction of sp³-hybridized carbons (Fsp3) is 0.143. The van der Waals surface area contributed by atoms with Gasteiger partial charge in [-0.05, 0) is 73.9 Å². The fourth-order valence-corrected chi connectivity index (χ4v) is 2.82. The van der Waals surface area contributed by atoms with Crippen molar-refractivity contribution in [3.8, 4) is 16.9 Å². The Balaban J connectivity index is 2.57. The van der Waals surface area contributed by atoms with Crippen molar-refractivity contribution in [3.05, 3.63) is 50.0 Å². The maximum atomic E-state index is 12.9. The molecule has 0 radical (unpaired) electrons. The van der Waals surface area contributed by atoms with E-state index in [9.17, 15) is 13.2 Å². The largest absolute Gasteiger partial charge is 0.497 e. The van der Waals surface area contributed by atoms with Gasteiger partial charge in [0.1, 0.15) is 5.75 Å². The smallest absolute Gasteiger partial charge is 0.416 e. The monoisotopic (exact) mass is 456 g/mol. The van der Waals surface area contributed by atoms with Gasteiger partial charge in [-0.3, -0.25) is 0 Å². The third kappa shape index (κ3) is 3.28. The molecule has 0 aliphatic rings. The Morgan fingerprint density at radius 1 is 1.10 bits per heavy atom. The molecule has 0 bridgehead atoms. The lowest BCUT2D eigenvalue weighted by Gasteiger charge is -2.13. The number of halogens is 5. The number of alkyl halides is 3. The van der Waals surface area contributed by atoms with Gasteiger partial charge < -0.3 is 4.74 Å². The molecule has 2 aromatic rings. The topological polar surface area (TPSA) is 9.23 Å². The van der Waals surface area contributed by atoms with E-state index in [1.165, 1.54) is 7.11 Å². The molecule has 106 valence electrons. The van der Waals surface area contributed by atoms with Gasteiger partial charge in [0.2, 0.25) is 0 Å². The number of hydrogen-bond donors (Lipinski definition) is 0. The van der Waals surface area contributed by atoms with E-state index >= 15 is 0 Å². The SMILES string of the molecule is COc1ccc(-c2cc(C(F)(F)F)cc(I)c2Br)cc1. The molecule has 0 saturated heterocycles. The lowest BCUT2D eigenvalue weighted by Crippen LogP contribution is -2.06. The zero-order valence-electron chi connectivity index (χ0n) is 10.3. The van der Waals surface area contributed by atoms with Crippen molar-refractivity contribution in [1.29, 1.82) is 0 Å². The van der Waals surface area contributed by atoms with Crippen molar-refractivity contribution >= 4 is 38.5 Å². The van der Waals surface area contributed by atoms with Gasteiger partial charge in [0.15, 0.2) is 0 Å². The standard InChI is InChI=1S/C14H9BrF3IO/c1-20-10-4-2-8(3-5-10)11-6-9(14(16,17)18)7-12(19)13(11)15/h2-7H,1H3. The van der Waals surface area contributed by atoms with Crippen molar-refractivity contribution in [3.63, 3.8) is 0 Å². The van der Waals surface area contributed by atoms with Crippen molar-refractivity contribution in [2.75, 3.05) is 7.11 Å². The lowest BCUT2D eigenvalue weighted by molar-refractivity contribution is -0.137. The van der Waals surface area contributed by atoms with Gasteiger partial charge in [-0.1, -0.05) is 12.1 Å². The zero-order valence-corrected chi connectivity index (χ0v) is 14.0. The Hall–Kier alpha value is -0.760. The van der Waals surface area contributed by atoms with E-state index in [1.54, 1.807) is 24.3 Å². The second-order valence-electron chi connectivity index (χ2n) is 4.05. The van der Waals surface area contributed by atoms with E-state index in [1.807, 2.05) is 22.6 Å². The van der Waals surface area contributed by atoms with E-state index in [-0.39, 0.29) is 0 Å². The van der Waals surface area contributed by atoms with E-state index in [0.29, 0.717) is 24.9 Å². The first-order valence-corrected chi connectivity index (χ1v) is 7.41. The fourth-order valence-electron chi connectivity index (χ4n) is 1.73. The number of ether oxygens (including phenoxy) is 1. The van der Waals surface area contributed by atoms with Crippen LogP contribution in [0.3, 0.4) is 0 Å². The molecular weight excluding hydrogens is 448 g/mol. The maximum Gasteiger partial charge on any atom is 0.416 e. The lowest BCUT2D eigenvalue weighted by atomic mass is 10.0. The van der Waals surface area contributed by atoms with Crippen LogP contribution >= 0.6 is 38.5 Å². The summed E-state index contributed by atoms with van der Waals surface area (Å²) in [7, 11) is 1.54. The predicted octanol–water partition coefficient (Wildman–Crippen LogP) is 5.75. The minimum Gasteiger partial charge on any atom is -0.497 e. The van der Waals surface area contributed by atoms with Gasteiger partial charge in [0.25, 0.3) is 0 Å². The summed E-state index contributed by atoms with van der Waals surface area (Å²) in [6.07, 6.45) is -4.36. The van der Waals surface area contributed by atoms with Gasteiger partial charge in [-0.2, -0.15) is 13.2 Å². The van der Waals surface area contributed by atoms with Crippen molar-refractivity contribution in [1.82, 2.24) is 0 Å². The molecule has 6 heteroatoms. The molecule has 0 atom stereocenters. The normalized spacial score (nSPS) is 11.5. The highest BCUT2D eigenvalue weighted by atomic mass is 127. The summed E-state index contributed by atoms with van der Waals surface area (Å²) in [6, 6.07) is 9.17. The van der Waals surface area contributed by atoms with E-state index < -0.39 is 11.7 Å². The molecule has 0 fully saturated rings. The third-order valence-electron chi connectivity index (χ3n) is 2.76. The minimum atomic E-state index is -4.36. The average molecular weight is 457 g/mol. The Labute approximate surface area is 136 Å². The van der Waals surface area contributed by atoms with Crippen LogP contribution in [-0.4, -0.2) is 7.11 Å². The average Bonchev–Trinajstić information content (AvgIpc) is 2.40. The summed E-state index contributed by atoms with van der Waals surface area (Å²) in [5.41, 5.74) is 0.546. The maximum absolute atomic E-state index is 12.9. The van der Waals surface area contributed by atoms with E-state index in [4.69, 9.17) is 4.74 Å². The molecule has 20 heavy (non-hydrogen) atoms. The van der Waals surface area contributed by atoms with Gasteiger partial charge in [0, 0.05) is 8.04 Å². The Bertz CT molecular complexity index is 624. The molecule has 0 N–H and O–H groups in total. The summed E-state index contributed by atoms with van der Waals surface area (Å²) in [5.74, 6) is 0.659. The molecule has 0 spiro atoms. The molecule has 0 heterocycles. The van der Waals surface area contributed by atoms with Gasteiger partial charge in [-0.25, -0.2) is 0 Å². The molecule has 2 rings (SSSR count). The van der Waals surface area contributed by atoms with Crippen LogP contribution < -0.4 is 4.74 Å². The molecule has 0 amide bonds. The molecular formula is C14H9BrF3IO. The Kier molecular flexibility index (Phi) is 4.63. The number of hydrogen-bond acceptors (Lipinski definition) is 1. The summed E-state index contributed by atoms with van der Waals surface area (Å²) in [6.45, 7) is 0. The first kappa shape index (κ1) is 15.6. The first-order valence-electron chi connectivity index (χ1n) is 5.53. The summed E-state index contributed by atoms with van der Waals surface area (Å²) >= 11 is 5.23. The second-order valence-corrected chi connectivity index (χ2v) is 6.00. The second kappa shape index (κ2) is 5.93. The van der Waals surface area contributed by atoms with Crippen LogP contribution in [0.5, 0.6) is 5.75 Å². The highest BCUT2D eigenvalue weighted by Crippen LogP contribution is 2.39. The van der Waals surface area contributed by atoms with Gasteiger partial charge in [-0.15, -0.1) is 0 Å². The highest BCUT2D eigenvalue weighted by Gasteiger charge is 2.31. The van der Waals surface area contributed by atoms with Crippen LogP contribution in [0.4, 0.5) is 13.2 Å². The van der Waals surface area contributed by atoms with Crippen molar-refractivity contribution in [2.24, 2.45) is 0 Å². The Morgan fingerprint density at radius 2 is 1.70 bits per heavy atom. The van der Waals surface area contributed by atoms with Crippen LogP contribution in [0, 0.1) is 3.57 Å². The number of methoxy groups -OCH3 is 1. The van der Waals surface area contributed by atoms with Crippen LogP contribution in [0.1, 0.15) is 5.56 Å². The van der Waals surface area contributed by atoms with Gasteiger partial charge >= 0.3 is 6.18 Å². The van der Waals surface area contributed by atoms with Crippen LogP contribution in [-0.2, 0) is 6.18 Å². The molecule has 0 unspecified atom stereocenters. The van der Waals surface area contributed by atoms with Crippen LogP contribution in [0.15, 0.2) is 40.9 Å². The number of benzene rings is 2. The predicted molar refractivity (Wildman–Crippen MR) is 83.8 cm³/mol. The van der Waals surface area contributed by atoms with Crippen LogP contribution in [0.2, 0.25) is 0 Å². The molecule has 0 aliphatic carbocycles. The molecule has 0 aliphatic heterocycles. The van der Waals surface area contributed by atoms with Gasteiger partial charge in [0.05, 0.1) is 12.7 Å². The zero-order chi connectivity index (χ0) is 14.9. The molecule has 2 aromatic carbocycles. The third-order valence-corrected chi connectivity index (χ3v) is 5.20. The first-order chi connectivity index (χ1) is 9.32. The summed E-state index contributed by atoms with van der Waals surface area (Å²) < 4.78 is 44.8. The minimum absolute atomic E-state index is 0.506. The highest BCUT2D eigenvalue weighted by molar-refractivity contribution is 14.1. The molecule has 0 saturated carbocycles. The van der Waals surface area contributed by atoms with E-state index in [0.717, 1.165) is 12.1 Å². The molecule has 1 nitrogen and oxygen atoms in total. The van der Waals surface area contributed by atoms with E-state index in [2.05, 4.69) is 15.9 Å². The number of rotatable bonds is 2. The van der Waals surface area contributed by atoms with Crippen molar-refractivity contribution in [2.45, 2.75) is 6.18 Å². The van der Waals surface area contributed by atoms with Crippen LogP contribution in [0.25, 0.3) is 11.1 Å². The quantitative estimate of drug-likeness (QED) is 0.523. The molecule has 0 aromatic heterocycles. The summed E-state index contributed by atoms with van der Waals surface area (Å²) in [4.78, 5) is 0. The Morgan fingerprint density at radius 3 is 2.20 bits per heavy atom.